The normalized spacial score (nSPS) is 9.43. The zero-order valence-electron chi connectivity index (χ0n) is 8.58. The molecule has 5 heteroatoms. The molecule has 0 aliphatic carbocycles. The molecule has 1 rings (SSSR count). The minimum Gasteiger partial charge on any atom is -1.00 e. The number of hydrogen-bond acceptors (Lipinski definition) is 2. The van der Waals surface area contributed by atoms with Gasteiger partial charge in [0.15, 0.2) is 0 Å². The SMILES string of the molecule is CC(C)c1nccn1CCCN.[Br-].[Br-]. The molecule has 3 nitrogen and oxygen atoms in total. The van der Waals surface area contributed by atoms with Gasteiger partial charge in [0, 0.05) is 24.9 Å². The van der Waals surface area contributed by atoms with Gasteiger partial charge >= 0.3 is 0 Å². The lowest BCUT2D eigenvalue weighted by Gasteiger charge is -2.08. The highest BCUT2D eigenvalue weighted by atomic mass is 79.9. The molecule has 0 aliphatic rings. The first-order chi connectivity index (χ1) is 5.75. The molecule has 0 fully saturated rings. The van der Waals surface area contributed by atoms with Crippen LogP contribution in [0.3, 0.4) is 0 Å². The van der Waals surface area contributed by atoms with E-state index in [1.165, 1.54) is 0 Å². The summed E-state index contributed by atoms with van der Waals surface area (Å²) in [5.74, 6) is 1.65. The van der Waals surface area contributed by atoms with Crippen LogP contribution in [0.2, 0.25) is 0 Å². The fourth-order valence-electron chi connectivity index (χ4n) is 1.27. The molecule has 84 valence electrons. The smallest absolute Gasteiger partial charge is 0.111 e. The lowest BCUT2D eigenvalue weighted by Crippen LogP contribution is -3.00. The van der Waals surface area contributed by atoms with Crippen molar-refractivity contribution in [3.63, 3.8) is 0 Å². The summed E-state index contributed by atoms with van der Waals surface area (Å²) in [5, 5.41) is 0. The van der Waals surface area contributed by atoms with Crippen LogP contribution in [0.25, 0.3) is 0 Å². The Hall–Kier alpha value is 0.130. The number of rotatable bonds is 4. The lowest BCUT2D eigenvalue weighted by molar-refractivity contribution is -0.001000. The number of halogens is 2. The molecular weight excluding hydrogens is 310 g/mol. The van der Waals surface area contributed by atoms with Crippen LogP contribution >= 0.6 is 0 Å². The van der Waals surface area contributed by atoms with Crippen molar-refractivity contribution in [3.05, 3.63) is 18.2 Å². The molecule has 0 radical (unpaired) electrons. The molecule has 0 aliphatic heterocycles. The van der Waals surface area contributed by atoms with Crippen LogP contribution in [0.4, 0.5) is 0 Å². The van der Waals surface area contributed by atoms with Crippen molar-refractivity contribution >= 4 is 0 Å². The first kappa shape index (κ1) is 16.6. The summed E-state index contributed by atoms with van der Waals surface area (Å²) in [4.78, 5) is 4.29. The van der Waals surface area contributed by atoms with Crippen LogP contribution in [0.5, 0.6) is 0 Å². The van der Waals surface area contributed by atoms with E-state index in [9.17, 15) is 0 Å². The summed E-state index contributed by atoms with van der Waals surface area (Å²) in [7, 11) is 0. The molecule has 0 aromatic carbocycles. The second-order valence-corrected chi connectivity index (χ2v) is 3.28. The molecule has 0 bridgehead atoms. The Bertz CT molecular complexity index is 236. The summed E-state index contributed by atoms with van der Waals surface area (Å²) in [6.45, 7) is 6.04. The third kappa shape index (κ3) is 4.57. The number of nitrogens with zero attached hydrogens (tertiary/aromatic N) is 2. The monoisotopic (exact) mass is 325 g/mol. The molecular formula is C9H17Br2N3-2. The van der Waals surface area contributed by atoms with Crippen LogP contribution in [0.15, 0.2) is 12.4 Å². The third-order valence-electron chi connectivity index (χ3n) is 1.87. The van der Waals surface area contributed by atoms with Gasteiger partial charge in [-0.15, -0.1) is 0 Å². The second kappa shape index (κ2) is 8.44. The van der Waals surface area contributed by atoms with Gasteiger partial charge in [-0.25, -0.2) is 4.98 Å². The Labute approximate surface area is 107 Å². The number of imidazole rings is 1. The maximum absolute atomic E-state index is 5.44. The van der Waals surface area contributed by atoms with Crippen molar-refractivity contribution < 1.29 is 34.0 Å². The van der Waals surface area contributed by atoms with Crippen LogP contribution in [0.1, 0.15) is 32.0 Å². The van der Waals surface area contributed by atoms with Crippen molar-refractivity contribution in [1.82, 2.24) is 9.55 Å². The molecule has 1 heterocycles. The topological polar surface area (TPSA) is 43.8 Å². The number of hydrogen-bond donors (Lipinski definition) is 1. The fraction of sp³-hybridized carbons (Fsp3) is 0.667. The van der Waals surface area contributed by atoms with Gasteiger partial charge in [0.1, 0.15) is 5.82 Å². The van der Waals surface area contributed by atoms with Crippen molar-refractivity contribution in [1.29, 1.82) is 0 Å². The summed E-state index contributed by atoms with van der Waals surface area (Å²) >= 11 is 0. The predicted octanol–water partition coefficient (Wildman–Crippen LogP) is -4.64. The molecule has 0 saturated heterocycles. The molecule has 0 unspecified atom stereocenters. The van der Waals surface area contributed by atoms with E-state index in [2.05, 4.69) is 23.4 Å². The summed E-state index contributed by atoms with van der Waals surface area (Å²) < 4.78 is 2.18. The Kier molecular flexibility index (Phi) is 9.98. The van der Waals surface area contributed by atoms with E-state index in [1.54, 1.807) is 0 Å². The highest BCUT2D eigenvalue weighted by molar-refractivity contribution is 4.97. The number of aryl methyl sites for hydroxylation is 1. The molecule has 0 atom stereocenters. The number of aromatic nitrogens is 2. The Balaban J connectivity index is 0. The Morgan fingerprint density at radius 3 is 2.57 bits per heavy atom. The number of nitrogens with two attached hydrogens (primary N) is 1. The predicted molar refractivity (Wildman–Crippen MR) is 50.0 cm³/mol. The van der Waals surface area contributed by atoms with Gasteiger partial charge < -0.3 is 44.3 Å². The van der Waals surface area contributed by atoms with Gasteiger partial charge in [-0.1, -0.05) is 13.8 Å². The maximum Gasteiger partial charge on any atom is 0.111 e. The van der Waals surface area contributed by atoms with Gasteiger partial charge in [-0.2, -0.15) is 0 Å². The average Bonchev–Trinajstić information content (AvgIpc) is 2.48. The summed E-state index contributed by atoms with van der Waals surface area (Å²) in [6.07, 6.45) is 4.90. The van der Waals surface area contributed by atoms with Gasteiger partial charge in [-0.3, -0.25) is 0 Å². The van der Waals surface area contributed by atoms with E-state index in [-0.39, 0.29) is 34.0 Å². The van der Waals surface area contributed by atoms with Gasteiger partial charge in [0.25, 0.3) is 0 Å². The fourth-order valence-corrected chi connectivity index (χ4v) is 1.27. The minimum absolute atomic E-state index is 0. The standard InChI is InChI=1S/C9H17N3.2BrH/c1-8(2)9-11-5-7-12(9)6-3-4-10;;/h5,7-8H,3-4,6,10H2,1-2H3;2*1H/p-2. The van der Waals surface area contributed by atoms with Gasteiger partial charge in [0.2, 0.25) is 0 Å². The average molecular weight is 327 g/mol. The third-order valence-corrected chi connectivity index (χ3v) is 1.87. The second-order valence-electron chi connectivity index (χ2n) is 3.28. The zero-order valence-corrected chi connectivity index (χ0v) is 11.8. The molecule has 1 aromatic heterocycles. The van der Waals surface area contributed by atoms with E-state index in [4.69, 9.17) is 5.73 Å². The zero-order chi connectivity index (χ0) is 8.97. The van der Waals surface area contributed by atoms with Crippen molar-refractivity contribution in [2.75, 3.05) is 6.54 Å². The molecule has 1 aromatic rings. The Morgan fingerprint density at radius 1 is 1.43 bits per heavy atom. The van der Waals surface area contributed by atoms with E-state index >= 15 is 0 Å². The van der Waals surface area contributed by atoms with E-state index < -0.39 is 0 Å². The summed E-state index contributed by atoms with van der Waals surface area (Å²) in [6, 6.07) is 0. The molecule has 0 amide bonds. The highest BCUT2D eigenvalue weighted by Gasteiger charge is 2.05. The van der Waals surface area contributed by atoms with Crippen molar-refractivity contribution in [3.8, 4) is 0 Å². The van der Waals surface area contributed by atoms with Crippen LogP contribution in [-0.2, 0) is 6.54 Å². The Morgan fingerprint density at radius 2 is 2.07 bits per heavy atom. The highest BCUT2D eigenvalue weighted by Crippen LogP contribution is 2.11. The largest absolute Gasteiger partial charge is 1.00 e. The maximum atomic E-state index is 5.44. The van der Waals surface area contributed by atoms with Crippen LogP contribution in [0, 0.1) is 0 Å². The van der Waals surface area contributed by atoms with Crippen molar-refractivity contribution in [2.45, 2.75) is 32.7 Å². The molecule has 2 N–H and O–H groups in total. The van der Waals surface area contributed by atoms with E-state index in [0.29, 0.717) is 5.92 Å². The van der Waals surface area contributed by atoms with Crippen molar-refractivity contribution in [2.24, 2.45) is 5.73 Å². The van der Waals surface area contributed by atoms with Gasteiger partial charge in [0.05, 0.1) is 0 Å². The molecule has 0 saturated carbocycles. The molecule has 14 heavy (non-hydrogen) atoms. The first-order valence-electron chi connectivity index (χ1n) is 4.46. The van der Waals surface area contributed by atoms with E-state index in [0.717, 1.165) is 25.3 Å². The van der Waals surface area contributed by atoms with Gasteiger partial charge in [-0.05, 0) is 13.0 Å². The first-order valence-corrected chi connectivity index (χ1v) is 4.46. The minimum atomic E-state index is 0. The molecule has 0 spiro atoms. The van der Waals surface area contributed by atoms with Crippen LogP contribution in [-0.4, -0.2) is 16.1 Å². The van der Waals surface area contributed by atoms with Crippen LogP contribution < -0.4 is 39.7 Å². The lowest BCUT2D eigenvalue weighted by atomic mass is 10.2. The summed E-state index contributed by atoms with van der Waals surface area (Å²) in [5.41, 5.74) is 5.44. The van der Waals surface area contributed by atoms with E-state index in [1.807, 2.05) is 12.4 Å². The quantitative estimate of drug-likeness (QED) is 0.605.